The number of pyridine rings is 1. The number of aryl methyl sites for hydroxylation is 1. The Bertz CT molecular complexity index is 1100. The number of nitrogens with one attached hydrogen (secondary N) is 1. The molecule has 0 saturated heterocycles. The molecule has 0 fully saturated rings. The molecule has 0 spiro atoms. The van der Waals surface area contributed by atoms with E-state index in [0.29, 0.717) is 28.3 Å². The molecule has 2 aromatic carbocycles. The van der Waals surface area contributed by atoms with E-state index in [9.17, 15) is 9.59 Å². The first-order valence-corrected chi connectivity index (χ1v) is 9.55. The van der Waals surface area contributed by atoms with Gasteiger partial charge in [0.05, 0.1) is 24.9 Å². The number of carbonyl (C=O) groups is 2. The third kappa shape index (κ3) is 3.80. The van der Waals surface area contributed by atoms with Gasteiger partial charge in [-0.05, 0) is 48.9 Å². The summed E-state index contributed by atoms with van der Waals surface area (Å²) in [6.45, 7) is 2.09. The Labute approximate surface area is 174 Å². The van der Waals surface area contributed by atoms with Crippen molar-refractivity contribution in [3.63, 3.8) is 0 Å². The molecular weight excluding hydrogens is 378 g/mol. The number of nitrogens with zero attached hydrogens (tertiary/aromatic N) is 2. The van der Waals surface area contributed by atoms with Crippen LogP contribution in [0.3, 0.4) is 0 Å². The third-order valence-electron chi connectivity index (χ3n) is 4.91. The van der Waals surface area contributed by atoms with E-state index < -0.39 is 0 Å². The molecule has 1 aliphatic heterocycles. The zero-order valence-electron chi connectivity index (χ0n) is 16.8. The Kier molecular flexibility index (Phi) is 5.30. The third-order valence-corrected chi connectivity index (χ3v) is 4.91. The Morgan fingerprint density at radius 2 is 1.67 bits per heavy atom. The number of benzene rings is 2. The molecule has 0 aliphatic carbocycles. The Morgan fingerprint density at radius 1 is 0.933 bits per heavy atom. The lowest BCUT2D eigenvalue weighted by Gasteiger charge is -2.14. The first-order valence-electron chi connectivity index (χ1n) is 9.55. The van der Waals surface area contributed by atoms with Crippen molar-refractivity contribution in [2.45, 2.75) is 13.5 Å². The topological polar surface area (TPSA) is 71.5 Å². The molecule has 3 aromatic rings. The Balaban J connectivity index is 1.72. The molecule has 0 atom stereocenters. The summed E-state index contributed by atoms with van der Waals surface area (Å²) in [6, 6.07) is 20.2. The number of aromatic nitrogens is 1. The highest BCUT2D eigenvalue weighted by molar-refractivity contribution is 6.36. The molecule has 2 heterocycles. The largest absolute Gasteiger partial charge is 0.497 e. The SMILES string of the molecule is COc1ccc(NC2=C(c3ccc(C)cc3)C(=O)N(Cc3ccccn3)C2=O)cc1. The van der Waals surface area contributed by atoms with Gasteiger partial charge in [-0.1, -0.05) is 35.9 Å². The van der Waals surface area contributed by atoms with Crippen LogP contribution in [0.25, 0.3) is 5.57 Å². The lowest BCUT2D eigenvalue weighted by molar-refractivity contribution is -0.137. The molecule has 1 aliphatic rings. The van der Waals surface area contributed by atoms with Gasteiger partial charge >= 0.3 is 0 Å². The fourth-order valence-corrected chi connectivity index (χ4v) is 3.30. The minimum absolute atomic E-state index is 0.113. The highest BCUT2D eigenvalue weighted by Crippen LogP contribution is 2.31. The summed E-state index contributed by atoms with van der Waals surface area (Å²) in [5.74, 6) is -0.0125. The first-order chi connectivity index (χ1) is 14.6. The molecule has 0 bridgehead atoms. The molecule has 2 amide bonds. The van der Waals surface area contributed by atoms with Crippen LogP contribution in [-0.2, 0) is 16.1 Å². The number of anilines is 1. The maximum Gasteiger partial charge on any atom is 0.278 e. The van der Waals surface area contributed by atoms with Gasteiger partial charge in [0, 0.05) is 11.9 Å². The van der Waals surface area contributed by atoms with Crippen molar-refractivity contribution in [3.8, 4) is 5.75 Å². The summed E-state index contributed by atoms with van der Waals surface area (Å²) < 4.78 is 5.19. The highest BCUT2D eigenvalue weighted by atomic mass is 16.5. The van der Waals surface area contributed by atoms with E-state index in [1.54, 1.807) is 49.7 Å². The van der Waals surface area contributed by atoms with Gasteiger partial charge < -0.3 is 10.1 Å². The first kappa shape index (κ1) is 19.4. The molecule has 6 heteroatoms. The summed E-state index contributed by atoms with van der Waals surface area (Å²) in [6.07, 6.45) is 1.64. The predicted molar refractivity (Wildman–Crippen MR) is 115 cm³/mol. The van der Waals surface area contributed by atoms with Crippen LogP contribution < -0.4 is 10.1 Å². The molecule has 0 radical (unpaired) electrons. The molecule has 0 saturated carbocycles. The van der Waals surface area contributed by atoms with Crippen LogP contribution in [0.5, 0.6) is 5.75 Å². The van der Waals surface area contributed by atoms with Crippen molar-refractivity contribution < 1.29 is 14.3 Å². The highest BCUT2D eigenvalue weighted by Gasteiger charge is 2.39. The average molecular weight is 399 g/mol. The van der Waals surface area contributed by atoms with Crippen molar-refractivity contribution in [1.29, 1.82) is 0 Å². The van der Waals surface area contributed by atoms with Gasteiger partial charge in [0.15, 0.2) is 0 Å². The molecule has 1 aromatic heterocycles. The minimum atomic E-state index is -0.378. The van der Waals surface area contributed by atoms with Crippen LogP contribution in [0.1, 0.15) is 16.8 Å². The number of hydrogen-bond acceptors (Lipinski definition) is 5. The van der Waals surface area contributed by atoms with Crippen LogP contribution in [-0.4, -0.2) is 28.8 Å². The monoisotopic (exact) mass is 399 g/mol. The van der Waals surface area contributed by atoms with E-state index in [-0.39, 0.29) is 24.1 Å². The Hall–Kier alpha value is -3.93. The Morgan fingerprint density at radius 3 is 2.30 bits per heavy atom. The van der Waals surface area contributed by atoms with Gasteiger partial charge in [0.2, 0.25) is 0 Å². The normalized spacial score (nSPS) is 13.7. The number of methoxy groups -OCH3 is 1. The fourth-order valence-electron chi connectivity index (χ4n) is 3.30. The van der Waals surface area contributed by atoms with Crippen LogP contribution >= 0.6 is 0 Å². The molecule has 4 rings (SSSR count). The molecule has 0 unspecified atom stereocenters. The summed E-state index contributed by atoms with van der Waals surface area (Å²) in [4.78, 5) is 32.0. The van der Waals surface area contributed by atoms with Crippen LogP contribution in [0.2, 0.25) is 0 Å². The van der Waals surface area contributed by atoms with E-state index in [2.05, 4.69) is 10.3 Å². The standard InChI is InChI=1S/C24H21N3O3/c1-16-6-8-17(9-7-16)21-22(26-18-10-12-20(30-2)13-11-18)24(29)27(23(21)28)15-19-5-3-4-14-25-19/h3-14,26H,15H2,1-2H3. The van der Waals surface area contributed by atoms with Crippen molar-refractivity contribution in [3.05, 3.63) is 95.4 Å². The summed E-state index contributed by atoms with van der Waals surface area (Å²) >= 11 is 0. The van der Waals surface area contributed by atoms with E-state index in [1.807, 2.05) is 37.3 Å². The molecule has 1 N–H and O–H groups in total. The van der Waals surface area contributed by atoms with E-state index in [4.69, 9.17) is 4.74 Å². The van der Waals surface area contributed by atoms with Gasteiger partial charge in [0.1, 0.15) is 11.4 Å². The lowest BCUT2D eigenvalue weighted by atomic mass is 10.0. The van der Waals surface area contributed by atoms with Crippen molar-refractivity contribution >= 4 is 23.1 Å². The second-order valence-corrected chi connectivity index (χ2v) is 6.99. The van der Waals surface area contributed by atoms with Crippen LogP contribution in [0, 0.1) is 6.92 Å². The number of hydrogen-bond donors (Lipinski definition) is 1. The molecule has 30 heavy (non-hydrogen) atoms. The van der Waals surface area contributed by atoms with Gasteiger partial charge in [-0.15, -0.1) is 0 Å². The predicted octanol–water partition coefficient (Wildman–Crippen LogP) is 3.79. The lowest BCUT2D eigenvalue weighted by Crippen LogP contribution is -2.32. The van der Waals surface area contributed by atoms with Crippen LogP contribution in [0.4, 0.5) is 5.69 Å². The maximum absolute atomic E-state index is 13.3. The van der Waals surface area contributed by atoms with Crippen LogP contribution in [0.15, 0.2) is 78.6 Å². The van der Waals surface area contributed by atoms with E-state index in [1.165, 1.54) is 4.90 Å². The number of ether oxygens (including phenoxy) is 1. The zero-order chi connectivity index (χ0) is 21.1. The van der Waals surface area contributed by atoms with Gasteiger partial charge in [-0.2, -0.15) is 0 Å². The molecule has 6 nitrogen and oxygen atoms in total. The second kappa shape index (κ2) is 8.21. The average Bonchev–Trinajstić information content (AvgIpc) is 3.00. The van der Waals surface area contributed by atoms with Crippen molar-refractivity contribution in [1.82, 2.24) is 9.88 Å². The summed E-state index contributed by atoms with van der Waals surface area (Å²) in [5, 5.41) is 3.14. The van der Waals surface area contributed by atoms with Gasteiger partial charge in [-0.3, -0.25) is 19.5 Å². The van der Waals surface area contributed by atoms with Crippen molar-refractivity contribution in [2.75, 3.05) is 12.4 Å². The van der Waals surface area contributed by atoms with Gasteiger partial charge in [-0.25, -0.2) is 0 Å². The number of amides is 2. The number of rotatable bonds is 6. The second-order valence-electron chi connectivity index (χ2n) is 6.99. The summed E-state index contributed by atoms with van der Waals surface area (Å²) in [5.41, 5.74) is 3.71. The minimum Gasteiger partial charge on any atom is -0.497 e. The van der Waals surface area contributed by atoms with Gasteiger partial charge in [0.25, 0.3) is 11.8 Å². The van der Waals surface area contributed by atoms with E-state index in [0.717, 1.165) is 5.56 Å². The quantitative estimate of drug-likeness (QED) is 0.639. The van der Waals surface area contributed by atoms with Crippen molar-refractivity contribution in [2.24, 2.45) is 0 Å². The smallest absolute Gasteiger partial charge is 0.278 e. The summed E-state index contributed by atoms with van der Waals surface area (Å²) in [7, 11) is 1.59. The molecule has 150 valence electrons. The molecular formula is C24H21N3O3. The maximum atomic E-state index is 13.3. The number of imide groups is 1. The number of carbonyl (C=O) groups excluding carboxylic acids is 2. The van der Waals surface area contributed by atoms with E-state index >= 15 is 0 Å². The fraction of sp³-hybridized carbons (Fsp3) is 0.125. The zero-order valence-corrected chi connectivity index (χ0v) is 16.8.